The van der Waals surface area contributed by atoms with E-state index in [0.717, 1.165) is 16.4 Å². The number of anilines is 1. The van der Waals surface area contributed by atoms with Gasteiger partial charge in [-0.25, -0.2) is 4.98 Å². The maximum absolute atomic E-state index is 11.1. The van der Waals surface area contributed by atoms with E-state index in [2.05, 4.69) is 20.1 Å². The van der Waals surface area contributed by atoms with Crippen LogP contribution in [0.25, 0.3) is 0 Å². The summed E-state index contributed by atoms with van der Waals surface area (Å²) >= 11 is 1.47. The Balaban J connectivity index is 1.88. The Morgan fingerprint density at radius 3 is 3.11 bits per heavy atom. The van der Waals surface area contributed by atoms with E-state index < -0.39 is 0 Å². The molecule has 2 rings (SSSR count). The van der Waals surface area contributed by atoms with E-state index >= 15 is 0 Å². The fourth-order valence-electron chi connectivity index (χ4n) is 1.43. The van der Waals surface area contributed by atoms with Crippen LogP contribution in [0, 0.1) is 0 Å². The molecular weight excluding hydrogens is 252 g/mol. The summed E-state index contributed by atoms with van der Waals surface area (Å²) in [6, 6.07) is 0. The fraction of sp³-hybridized carbons (Fsp3) is 0.364. The molecule has 0 radical (unpaired) electrons. The molecule has 0 saturated heterocycles. The highest BCUT2D eigenvalue weighted by Gasteiger charge is 2.07. The van der Waals surface area contributed by atoms with Gasteiger partial charge in [0.15, 0.2) is 5.13 Å². The summed E-state index contributed by atoms with van der Waals surface area (Å²) in [5.74, 6) is -0.279. The molecule has 0 aliphatic carbocycles. The first-order valence-electron chi connectivity index (χ1n) is 5.40. The highest BCUT2D eigenvalue weighted by molar-refractivity contribution is 7.13. The zero-order valence-corrected chi connectivity index (χ0v) is 11.0. The molecule has 0 amide bonds. The van der Waals surface area contributed by atoms with Crippen LogP contribution in [0.15, 0.2) is 17.8 Å². The van der Waals surface area contributed by atoms with Gasteiger partial charge < -0.3 is 10.1 Å². The van der Waals surface area contributed by atoms with Crippen molar-refractivity contribution in [2.45, 2.75) is 13.0 Å². The van der Waals surface area contributed by atoms with E-state index in [1.807, 2.05) is 18.6 Å². The molecule has 0 bridgehead atoms. The highest BCUT2D eigenvalue weighted by atomic mass is 32.1. The lowest BCUT2D eigenvalue weighted by Crippen LogP contribution is -2.05. The summed E-state index contributed by atoms with van der Waals surface area (Å²) in [7, 11) is 3.25. The molecule has 0 spiro atoms. The molecule has 0 aliphatic rings. The molecule has 0 saturated carbocycles. The standard InChI is InChI=1S/C11H14N4O2S/c1-15-6-8(5-13-15)4-12-11-14-9(7-18-11)3-10(16)17-2/h5-7H,3-4H2,1-2H3,(H,12,14). The zero-order valence-electron chi connectivity index (χ0n) is 10.2. The molecule has 0 atom stereocenters. The van der Waals surface area contributed by atoms with Gasteiger partial charge in [0.2, 0.25) is 0 Å². The third-order valence-corrected chi connectivity index (χ3v) is 3.16. The lowest BCUT2D eigenvalue weighted by Gasteiger charge is -1.99. The van der Waals surface area contributed by atoms with Crippen molar-refractivity contribution in [1.29, 1.82) is 0 Å². The maximum Gasteiger partial charge on any atom is 0.311 e. The van der Waals surface area contributed by atoms with E-state index in [9.17, 15) is 4.79 Å². The monoisotopic (exact) mass is 266 g/mol. The van der Waals surface area contributed by atoms with Crippen molar-refractivity contribution in [2.75, 3.05) is 12.4 Å². The van der Waals surface area contributed by atoms with Gasteiger partial charge in [-0.2, -0.15) is 5.10 Å². The number of methoxy groups -OCH3 is 1. The molecule has 18 heavy (non-hydrogen) atoms. The van der Waals surface area contributed by atoms with Crippen molar-refractivity contribution in [1.82, 2.24) is 14.8 Å². The molecule has 6 nitrogen and oxygen atoms in total. The van der Waals surface area contributed by atoms with Gasteiger partial charge in [0.1, 0.15) is 0 Å². The molecule has 1 N–H and O–H groups in total. The van der Waals surface area contributed by atoms with E-state index in [1.54, 1.807) is 10.9 Å². The molecular formula is C11H14N4O2S. The fourth-order valence-corrected chi connectivity index (χ4v) is 2.14. The second-order valence-corrected chi connectivity index (χ2v) is 4.63. The number of nitrogens with zero attached hydrogens (tertiary/aromatic N) is 3. The number of carbonyl (C=O) groups excluding carboxylic acids is 1. The van der Waals surface area contributed by atoms with Gasteiger partial charge in [-0.3, -0.25) is 9.48 Å². The summed E-state index contributed by atoms with van der Waals surface area (Å²) in [6.45, 7) is 0.666. The first-order chi connectivity index (χ1) is 8.67. The molecule has 2 heterocycles. The number of hydrogen-bond acceptors (Lipinski definition) is 6. The number of rotatable bonds is 5. The van der Waals surface area contributed by atoms with Crippen LogP contribution in [0.4, 0.5) is 5.13 Å². The van der Waals surface area contributed by atoms with Crippen molar-refractivity contribution >= 4 is 22.4 Å². The third-order valence-electron chi connectivity index (χ3n) is 2.31. The number of hydrogen-bond donors (Lipinski definition) is 1. The number of ether oxygens (including phenoxy) is 1. The number of thiazole rings is 1. The largest absolute Gasteiger partial charge is 0.469 e. The minimum atomic E-state index is -0.279. The number of nitrogens with one attached hydrogen (secondary N) is 1. The molecule has 2 aromatic rings. The minimum Gasteiger partial charge on any atom is -0.469 e. The SMILES string of the molecule is COC(=O)Cc1csc(NCc2cnn(C)c2)n1. The molecule has 0 unspecified atom stereocenters. The molecule has 0 fully saturated rings. The average molecular weight is 266 g/mol. The zero-order chi connectivity index (χ0) is 13.0. The summed E-state index contributed by atoms with van der Waals surface area (Å²) in [4.78, 5) is 15.4. The smallest absolute Gasteiger partial charge is 0.311 e. The van der Waals surface area contributed by atoms with Crippen molar-refractivity contribution in [3.05, 3.63) is 29.0 Å². The Bertz CT molecular complexity index is 535. The predicted molar refractivity (Wildman–Crippen MR) is 68.4 cm³/mol. The third kappa shape index (κ3) is 3.30. The molecule has 96 valence electrons. The molecule has 0 aliphatic heterocycles. The van der Waals surface area contributed by atoms with Crippen molar-refractivity contribution in [3.63, 3.8) is 0 Å². The van der Waals surface area contributed by atoms with Gasteiger partial charge in [-0.1, -0.05) is 0 Å². The van der Waals surface area contributed by atoms with Crippen molar-refractivity contribution in [2.24, 2.45) is 7.05 Å². The van der Waals surface area contributed by atoms with E-state index in [4.69, 9.17) is 0 Å². The second-order valence-electron chi connectivity index (χ2n) is 3.77. The summed E-state index contributed by atoms with van der Waals surface area (Å²) < 4.78 is 6.34. The second kappa shape index (κ2) is 5.63. The Morgan fingerprint density at radius 2 is 2.44 bits per heavy atom. The van der Waals surface area contributed by atoms with Crippen LogP contribution in [-0.4, -0.2) is 27.8 Å². The van der Waals surface area contributed by atoms with Crippen LogP contribution < -0.4 is 5.32 Å². The number of aryl methyl sites for hydroxylation is 1. The van der Waals surface area contributed by atoms with Crippen LogP contribution in [0.2, 0.25) is 0 Å². The minimum absolute atomic E-state index is 0.210. The maximum atomic E-state index is 11.1. The van der Waals surface area contributed by atoms with E-state index in [1.165, 1.54) is 18.4 Å². The van der Waals surface area contributed by atoms with E-state index in [-0.39, 0.29) is 12.4 Å². The average Bonchev–Trinajstić information content (AvgIpc) is 2.96. The first kappa shape index (κ1) is 12.6. The van der Waals surface area contributed by atoms with Crippen LogP contribution in [0.1, 0.15) is 11.3 Å². The first-order valence-corrected chi connectivity index (χ1v) is 6.28. The van der Waals surface area contributed by atoms with Crippen molar-refractivity contribution < 1.29 is 9.53 Å². The lowest BCUT2D eigenvalue weighted by molar-refractivity contribution is -0.139. The van der Waals surface area contributed by atoms with Crippen LogP contribution in [0.3, 0.4) is 0 Å². The Morgan fingerprint density at radius 1 is 1.61 bits per heavy atom. The summed E-state index contributed by atoms with van der Waals surface area (Å²) in [5, 5.41) is 9.91. The summed E-state index contributed by atoms with van der Waals surface area (Å²) in [6.07, 6.45) is 3.95. The van der Waals surface area contributed by atoms with Gasteiger partial charge in [0.05, 0.1) is 25.4 Å². The number of esters is 1. The summed E-state index contributed by atoms with van der Waals surface area (Å²) in [5.41, 5.74) is 1.81. The Labute approximate surface area is 109 Å². The van der Waals surface area contributed by atoms with Gasteiger partial charge in [0, 0.05) is 30.7 Å². The van der Waals surface area contributed by atoms with E-state index in [0.29, 0.717) is 6.54 Å². The van der Waals surface area contributed by atoms with Crippen LogP contribution in [-0.2, 0) is 29.5 Å². The van der Waals surface area contributed by atoms with Gasteiger partial charge in [0.25, 0.3) is 0 Å². The molecule has 0 aromatic carbocycles. The van der Waals surface area contributed by atoms with Gasteiger partial charge in [-0.15, -0.1) is 11.3 Å². The van der Waals surface area contributed by atoms with Gasteiger partial charge in [-0.05, 0) is 0 Å². The van der Waals surface area contributed by atoms with Crippen molar-refractivity contribution in [3.8, 4) is 0 Å². The molecule has 7 heteroatoms. The predicted octanol–water partition coefficient (Wildman–Crippen LogP) is 1.20. The van der Waals surface area contributed by atoms with Crippen LogP contribution in [0.5, 0.6) is 0 Å². The highest BCUT2D eigenvalue weighted by Crippen LogP contribution is 2.16. The Kier molecular flexibility index (Phi) is 3.93. The number of carbonyl (C=O) groups is 1. The number of aromatic nitrogens is 3. The quantitative estimate of drug-likeness (QED) is 0.824. The topological polar surface area (TPSA) is 69.0 Å². The normalized spacial score (nSPS) is 10.3. The van der Waals surface area contributed by atoms with Gasteiger partial charge >= 0.3 is 5.97 Å². The Hall–Kier alpha value is -1.89. The lowest BCUT2D eigenvalue weighted by atomic mass is 10.3. The van der Waals surface area contributed by atoms with Crippen LogP contribution >= 0.6 is 11.3 Å². The molecule has 2 aromatic heterocycles.